The molecule has 60 heavy (non-hydrogen) atoms. The molecule has 0 saturated carbocycles. The second-order valence-electron chi connectivity index (χ2n) is 18.3. The van der Waals surface area contributed by atoms with E-state index in [9.17, 15) is 0 Å². The maximum absolute atomic E-state index is 2.55. The van der Waals surface area contributed by atoms with Crippen LogP contribution in [-0.4, -0.2) is 0 Å². The third kappa shape index (κ3) is 5.25. The van der Waals surface area contributed by atoms with E-state index in [4.69, 9.17) is 0 Å². The lowest BCUT2D eigenvalue weighted by atomic mass is 9.80. The van der Waals surface area contributed by atoms with E-state index in [0.717, 1.165) is 0 Å². The summed E-state index contributed by atoms with van der Waals surface area (Å²) in [5.41, 5.74) is 23.0. The Morgan fingerprint density at radius 3 is 1.15 bits per heavy atom. The molecule has 0 atom stereocenters. The molecule has 2 aliphatic carbocycles. The molecule has 0 aliphatic heterocycles. The minimum Gasteiger partial charge on any atom is -0.310 e. The summed E-state index contributed by atoms with van der Waals surface area (Å²) in [5, 5.41) is 5.24. The number of aryl methyl sites for hydroxylation is 3. The molecule has 1 heteroatoms. The Hall–Kier alpha value is -6.70. The van der Waals surface area contributed by atoms with Gasteiger partial charge in [-0.25, -0.2) is 0 Å². The molecule has 0 bridgehead atoms. The van der Waals surface area contributed by atoms with E-state index in [1.54, 1.807) is 0 Å². The van der Waals surface area contributed by atoms with Crippen LogP contribution >= 0.6 is 0 Å². The number of rotatable bonds is 5. The van der Waals surface area contributed by atoms with Crippen molar-refractivity contribution in [1.29, 1.82) is 0 Å². The third-order valence-electron chi connectivity index (χ3n) is 13.9. The van der Waals surface area contributed by atoms with Gasteiger partial charge in [-0.05, 0) is 157 Å². The predicted molar refractivity (Wildman–Crippen MR) is 256 cm³/mol. The molecule has 290 valence electrons. The molecule has 0 spiro atoms. The van der Waals surface area contributed by atoms with Gasteiger partial charge in [0.05, 0.1) is 5.69 Å². The molecule has 0 N–H and O–H groups in total. The van der Waals surface area contributed by atoms with Gasteiger partial charge < -0.3 is 4.90 Å². The van der Waals surface area contributed by atoms with Gasteiger partial charge in [0.25, 0.3) is 0 Å². The Kier molecular flexibility index (Phi) is 7.98. The van der Waals surface area contributed by atoms with E-state index < -0.39 is 0 Å². The molecule has 9 aromatic carbocycles. The van der Waals surface area contributed by atoms with Gasteiger partial charge in [-0.15, -0.1) is 0 Å². The maximum Gasteiger partial charge on any atom is 0.0520 e. The monoisotopic (exact) mass is 771 g/mol. The van der Waals surface area contributed by atoms with Gasteiger partial charge >= 0.3 is 0 Å². The molecule has 0 saturated heterocycles. The quantitative estimate of drug-likeness (QED) is 0.168. The van der Waals surface area contributed by atoms with Crippen molar-refractivity contribution in [3.63, 3.8) is 0 Å². The molecule has 0 unspecified atom stereocenters. The molecule has 11 rings (SSSR count). The van der Waals surface area contributed by atoms with Crippen LogP contribution in [0.2, 0.25) is 0 Å². The third-order valence-corrected chi connectivity index (χ3v) is 13.9. The van der Waals surface area contributed by atoms with Gasteiger partial charge in [-0.3, -0.25) is 0 Å². The number of fused-ring (bicyclic) bond motifs is 10. The van der Waals surface area contributed by atoms with E-state index in [1.807, 2.05) is 0 Å². The summed E-state index contributed by atoms with van der Waals surface area (Å²) < 4.78 is 0. The van der Waals surface area contributed by atoms with Crippen LogP contribution in [0.15, 0.2) is 170 Å². The van der Waals surface area contributed by atoms with Crippen molar-refractivity contribution in [2.24, 2.45) is 0 Å². The van der Waals surface area contributed by atoms with Crippen LogP contribution in [0.3, 0.4) is 0 Å². The zero-order chi connectivity index (χ0) is 41.1. The summed E-state index contributed by atoms with van der Waals surface area (Å²) >= 11 is 0. The average molecular weight is 772 g/mol. The first-order valence-corrected chi connectivity index (χ1v) is 21.4. The molecular weight excluding hydrogens is 723 g/mol. The fourth-order valence-electron chi connectivity index (χ4n) is 11.1. The summed E-state index contributed by atoms with van der Waals surface area (Å²) in [6.45, 7) is 16.4. The van der Waals surface area contributed by atoms with Crippen LogP contribution in [0.5, 0.6) is 0 Å². The summed E-state index contributed by atoms with van der Waals surface area (Å²) in [6.07, 6.45) is 0. The van der Waals surface area contributed by atoms with Gasteiger partial charge in [0.1, 0.15) is 0 Å². The van der Waals surface area contributed by atoms with Crippen LogP contribution in [0.1, 0.15) is 66.6 Å². The van der Waals surface area contributed by atoms with E-state index in [0.29, 0.717) is 0 Å². The van der Waals surface area contributed by atoms with Crippen LogP contribution in [0.4, 0.5) is 17.1 Å². The van der Waals surface area contributed by atoms with Gasteiger partial charge in [-0.1, -0.05) is 167 Å². The molecule has 9 aromatic rings. The highest BCUT2D eigenvalue weighted by Gasteiger charge is 2.40. The smallest absolute Gasteiger partial charge is 0.0520 e. The lowest BCUT2D eigenvalue weighted by Gasteiger charge is -2.32. The first-order valence-electron chi connectivity index (χ1n) is 21.4. The summed E-state index contributed by atoms with van der Waals surface area (Å²) in [6, 6.07) is 63.9. The van der Waals surface area contributed by atoms with Crippen LogP contribution in [0.25, 0.3) is 66.1 Å². The van der Waals surface area contributed by atoms with E-state index in [1.165, 1.54) is 122 Å². The zero-order valence-corrected chi connectivity index (χ0v) is 35.6. The van der Waals surface area contributed by atoms with E-state index >= 15 is 0 Å². The summed E-state index contributed by atoms with van der Waals surface area (Å²) in [4.78, 5) is 2.55. The zero-order valence-electron chi connectivity index (χ0n) is 35.6. The van der Waals surface area contributed by atoms with Crippen molar-refractivity contribution in [3.05, 3.63) is 209 Å². The number of benzene rings is 9. The first-order chi connectivity index (χ1) is 29.0. The normalized spacial score (nSPS) is 14.2. The highest BCUT2D eigenvalue weighted by atomic mass is 15.1. The molecule has 2 aliphatic rings. The molecule has 0 fully saturated rings. The molecule has 0 heterocycles. The predicted octanol–water partition coefficient (Wildman–Crippen LogP) is 16.3. The maximum atomic E-state index is 2.55. The minimum absolute atomic E-state index is 0.212. The fraction of sp³-hybridized carbons (Fsp3) is 0.153. The summed E-state index contributed by atoms with van der Waals surface area (Å²) in [7, 11) is 0. The van der Waals surface area contributed by atoms with Crippen LogP contribution in [-0.2, 0) is 10.8 Å². The van der Waals surface area contributed by atoms with Crippen molar-refractivity contribution in [2.75, 3.05) is 4.90 Å². The largest absolute Gasteiger partial charge is 0.310 e. The van der Waals surface area contributed by atoms with E-state index in [-0.39, 0.29) is 10.8 Å². The van der Waals surface area contributed by atoms with Crippen LogP contribution < -0.4 is 4.90 Å². The minimum atomic E-state index is -0.212. The molecule has 0 amide bonds. The Morgan fingerprint density at radius 2 is 0.733 bits per heavy atom. The van der Waals surface area contributed by atoms with Crippen molar-refractivity contribution < 1.29 is 0 Å². The van der Waals surface area contributed by atoms with Gasteiger partial charge in [0.15, 0.2) is 0 Å². The Morgan fingerprint density at radius 1 is 0.350 bits per heavy atom. The molecule has 1 nitrogen and oxygen atoms in total. The van der Waals surface area contributed by atoms with Crippen molar-refractivity contribution in [1.82, 2.24) is 0 Å². The Labute approximate surface area is 354 Å². The fourth-order valence-corrected chi connectivity index (χ4v) is 11.1. The van der Waals surface area contributed by atoms with Crippen LogP contribution in [0, 0.1) is 20.8 Å². The Balaban J connectivity index is 1.11. The van der Waals surface area contributed by atoms with E-state index in [2.05, 4.69) is 223 Å². The SMILES string of the molecule is Cc1cc(C)c(N(c2ccc3c(c2)C(C)(C)c2cc(-c4ccccc4)c4ccccc4c2-3)c2ccc3c(c2)C(C)(C)c2cc(-c4ccccc4)c4ccccc4c2-3)c(C)c1. The van der Waals surface area contributed by atoms with Gasteiger partial charge in [-0.2, -0.15) is 0 Å². The number of hydrogen-bond acceptors (Lipinski definition) is 1. The lowest BCUT2D eigenvalue weighted by Crippen LogP contribution is -2.19. The first kappa shape index (κ1) is 36.4. The van der Waals surface area contributed by atoms with Crippen molar-refractivity contribution in [2.45, 2.75) is 59.3 Å². The van der Waals surface area contributed by atoms with Crippen molar-refractivity contribution in [3.8, 4) is 44.5 Å². The topological polar surface area (TPSA) is 3.24 Å². The second-order valence-corrected chi connectivity index (χ2v) is 18.3. The molecule has 0 radical (unpaired) electrons. The number of anilines is 3. The second kappa shape index (κ2) is 13.2. The summed E-state index contributed by atoms with van der Waals surface area (Å²) in [5.74, 6) is 0. The highest BCUT2D eigenvalue weighted by Crippen LogP contribution is 2.57. The molecular formula is C59H49N. The highest BCUT2D eigenvalue weighted by molar-refractivity contribution is 6.11. The average Bonchev–Trinajstić information content (AvgIpc) is 3.63. The standard InChI is InChI=1S/C59H49N/c1-36-30-37(2)57(38(3)31-36)60(41-26-28-47-51(32-41)58(4,5)53-34-49(39-18-10-8-11-19-39)43-22-14-16-24-45(43)55(47)53)42-27-29-48-52(33-42)59(6,7)54-35-50(40-20-12-9-13-21-40)44-23-15-17-25-46(44)56(48)54/h8-35H,1-7H3. The number of nitrogens with zero attached hydrogens (tertiary/aromatic N) is 1. The molecule has 0 aromatic heterocycles. The number of hydrogen-bond donors (Lipinski definition) is 0. The van der Waals surface area contributed by atoms with Crippen molar-refractivity contribution >= 4 is 38.6 Å². The Bertz CT molecular complexity index is 3010. The van der Waals surface area contributed by atoms with Gasteiger partial charge in [0, 0.05) is 22.2 Å². The lowest BCUT2D eigenvalue weighted by molar-refractivity contribution is 0.660. The van der Waals surface area contributed by atoms with Gasteiger partial charge in [0.2, 0.25) is 0 Å².